The Bertz CT molecular complexity index is 184. The fourth-order valence-electron chi connectivity index (χ4n) is 1.90. The Labute approximate surface area is 79.0 Å². The van der Waals surface area contributed by atoms with Crippen molar-refractivity contribution in [1.29, 1.82) is 0 Å². The number of carbonyl (C=O) groups is 1. The van der Waals surface area contributed by atoms with Crippen molar-refractivity contribution in [3.8, 4) is 0 Å². The van der Waals surface area contributed by atoms with Crippen molar-refractivity contribution < 1.29 is 9.53 Å². The van der Waals surface area contributed by atoms with Crippen LogP contribution in [0.25, 0.3) is 0 Å². The molecule has 0 bridgehead atoms. The number of methoxy groups -OCH3 is 1. The van der Waals surface area contributed by atoms with E-state index in [-0.39, 0.29) is 18.2 Å². The van der Waals surface area contributed by atoms with Crippen LogP contribution in [0.1, 0.15) is 25.7 Å². The summed E-state index contributed by atoms with van der Waals surface area (Å²) >= 11 is 0. The lowest BCUT2D eigenvalue weighted by atomic mass is 9.90. The van der Waals surface area contributed by atoms with Gasteiger partial charge in [0.2, 0.25) is 0 Å². The van der Waals surface area contributed by atoms with Gasteiger partial charge in [-0.3, -0.25) is 0 Å². The van der Waals surface area contributed by atoms with Crippen LogP contribution in [0, 0.1) is 0 Å². The van der Waals surface area contributed by atoms with Gasteiger partial charge in [0.15, 0.2) is 0 Å². The monoisotopic (exact) mass is 186 g/mol. The lowest BCUT2D eigenvalue weighted by Gasteiger charge is -2.34. The molecule has 1 saturated carbocycles. The molecule has 1 rings (SSSR count). The molecule has 76 valence electrons. The number of ether oxygens (including phenoxy) is 1. The van der Waals surface area contributed by atoms with Crippen molar-refractivity contribution in [3.63, 3.8) is 0 Å². The number of nitrogens with zero attached hydrogens (tertiary/aromatic N) is 1. The average molecular weight is 186 g/mol. The summed E-state index contributed by atoms with van der Waals surface area (Å²) in [5.41, 5.74) is 5.92. The van der Waals surface area contributed by atoms with Crippen LogP contribution < -0.4 is 5.73 Å². The third-order valence-corrected chi connectivity index (χ3v) is 2.74. The molecule has 0 aromatic carbocycles. The molecular weight excluding hydrogens is 168 g/mol. The van der Waals surface area contributed by atoms with Crippen LogP contribution >= 0.6 is 0 Å². The van der Waals surface area contributed by atoms with Crippen molar-refractivity contribution in [2.75, 3.05) is 14.2 Å². The first kappa shape index (κ1) is 10.3. The second kappa shape index (κ2) is 4.46. The van der Waals surface area contributed by atoms with Crippen LogP contribution in [0.5, 0.6) is 0 Å². The molecule has 0 aromatic heterocycles. The molecule has 0 saturated heterocycles. The molecule has 0 radical (unpaired) electrons. The molecule has 4 heteroatoms. The highest BCUT2D eigenvalue weighted by Crippen LogP contribution is 2.21. The molecular formula is C9H18N2O2. The number of amides is 1. The van der Waals surface area contributed by atoms with Crippen molar-refractivity contribution in [2.24, 2.45) is 5.73 Å². The standard InChI is InChI=1S/C9H18N2O2/c1-11(9(12)13-2)8-6-4-3-5-7(8)10/h7-8H,3-6,10H2,1-2H3. The van der Waals surface area contributed by atoms with Gasteiger partial charge >= 0.3 is 6.09 Å². The molecule has 1 amide bonds. The normalized spacial score (nSPS) is 28.2. The summed E-state index contributed by atoms with van der Waals surface area (Å²) in [5.74, 6) is 0. The Balaban J connectivity index is 2.53. The molecule has 4 nitrogen and oxygen atoms in total. The Morgan fingerprint density at radius 2 is 2.08 bits per heavy atom. The number of nitrogens with two attached hydrogens (primary N) is 1. The van der Waals surface area contributed by atoms with Crippen LogP contribution in [0.4, 0.5) is 4.79 Å². The first-order valence-corrected chi connectivity index (χ1v) is 4.73. The van der Waals surface area contributed by atoms with Crippen molar-refractivity contribution in [2.45, 2.75) is 37.8 Å². The van der Waals surface area contributed by atoms with Gasteiger partial charge in [0.1, 0.15) is 0 Å². The Kier molecular flexibility index (Phi) is 3.54. The van der Waals surface area contributed by atoms with E-state index in [1.54, 1.807) is 11.9 Å². The maximum absolute atomic E-state index is 11.2. The van der Waals surface area contributed by atoms with Crippen molar-refractivity contribution in [1.82, 2.24) is 4.90 Å². The van der Waals surface area contributed by atoms with E-state index >= 15 is 0 Å². The molecule has 1 aliphatic rings. The summed E-state index contributed by atoms with van der Waals surface area (Å²) in [6, 6.07) is 0.263. The van der Waals surface area contributed by atoms with Crippen LogP contribution in [0.2, 0.25) is 0 Å². The van der Waals surface area contributed by atoms with Gasteiger partial charge in [0.25, 0.3) is 0 Å². The molecule has 1 aliphatic carbocycles. The predicted molar refractivity (Wildman–Crippen MR) is 50.4 cm³/mol. The van der Waals surface area contributed by atoms with E-state index in [1.807, 2.05) is 0 Å². The highest BCUT2D eigenvalue weighted by molar-refractivity contribution is 5.67. The smallest absolute Gasteiger partial charge is 0.409 e. The Morgan fingerprint density at radius 1 is 1.46 bits per heavy atom. The lowest BCUT2D eigenvalue weighted by molar-refractivity contribution is 0.101. The maximum Gasteiger partial charge on any atom is 0.409 e. The van der Waals surface area contributed by atoms with Gasteiger partial charge in [-0.05, 0) is 12.8 Å². The summed E-state index contributed by atoms with van der Waals surface area (Å²) in [7, 11) is 3.15. The molecule has 0 heterocycles. The third kappa shape index (κ3) is 2.34. The first-order valence-electron chi connectivity index (χ1n) is 4.73. The van der Waals surface area contributed by atoms with Gasteiger partial charge in [0.05, 0.1) is 7.11 Å². The van der Waals surface area contributed by atoms with Gasteiger partial charge in [0, 0.05) is 19.1 Å². The summed E-state index contributed by atoms with van der Waals surface area (Å²) in [6.07, 6.45) is 4.04. The van der Waals surface area contributed by atoms with Crippen LogP contribution in [-0.4, -0.2) is 37.2 Å². The third-order valence-electron chi connectivity index (χ3n) is 2.74. The number of hydrogen-bond acceptors (Lipinski definition) is 3. The van der Waals surface area contributed by atoms with Crippen molar-refractivity contribution in [3.05, 3.63) is 0 Å². The number of likely N-dealkylation sites (N-methyl/N-ethyl adjacent to an activating group) is 1. The highest BCUT2D eigenvalue weighted by atomic mass is 16.5. The van der Waals surface area contributed by atoms with Gasteiger partial charge in [-0.15, -0.1) is 0 Å². The molecule has 1 fully saturated rings. The summed E-state index contributed by atoms with van der Waals surface area (Å²) in [6.45, 7) is 0. The molecule has 2 unspecified atom stereocenters. The molecule has 13 heavy (non-hydrogen) atoms. The van der Waals surface area contributed by atoms with E-state index in [0.717, 1.165) is 19.3 Å². The first-order chi connectivity index (χ1) is 6.16. The van der Waals surface area contributed by atoms with Crippen LogP contribution in [0.3, 0.4) is 0 Å². The SMILES string of the molecule is COC(=O)N(C)C1CCCCC1N. The zero-order chi connectivity index (χ0) is 9.84. The summed E-state index contributed by atoms with van der Waals surface area (Å²) in [4.78, 5) is 12.8. The molecule has 0 spiro atoms. The van der Waals surface area contributed by atoms with Gasteiger partial charge in [-0.2, -0.15) is 0 Å². The Morgan fingerprint density at radius 3 is 2.62 bits per heavy atom. The van der Waals surface area contributed by atoms with E-state index in [1.165, 1.54) is 13.5 Å². The minimum Gasteiger partial charge on any atom is -0.453 e. The number of rotatable bonds is 1. The molecule has 2 atom stereocenters. The fourth-order valence-corrected chi connectivity index (χ4v) is 1.90. The fraction of sp³-hybridized carbons (Fsp3) is 0.889. The zero-order valence-corrected chi connectivity index (χ0v) is 8.32. The topological polar surface area (TPSA) is 55.6 Å². The van der Waals surface area contributed by atoms with Gasteiger partial charge in [-0.25, -0.2) is 4.79 Å². The maximum atomic E-state index is 11.2. The van der Waals surface area contributed by atoms with Gasteiger partial charge < -0.3 is 15.4 Å². The van der Waals surface area contributed by atoms with E-state index in [9.17, 15) is 4.79 Å². The molecule has 0 aromatic rings. The average Bonchev–Trinajstić information content (AvgIpc) is 2.16. The predicted octanol–water partition coefficient (Wildman–Crippen LogP) is 0.954. The van der Waals surface area contributed by atoms with E-state index < -0.39 is 0 Å². The molecule has 0 aliphatic heterocycles. The zero-order valence-electron chi connectivity index (χ0n) is 8.32. The van der Waals surface area contributed by atoms with E-state index in [0.29, 0.717) is 0 Å². The van der Waals surface area contributed by atoms with Crippen LogP contribution in [-0.2, 0) is 4.74 Å². The lowest BCUT2D eigenvalue weighted by Crippen LogP contribution is -2.50. The van der Waals surface area contributed by atoms with Gasteiger partial charge in [-0.1, -0.05) is 12.8 Å². The second-order valence-electron chi connectivity index (χ2n) is 3.60. The summed E-state index contributed by atoms with van der Waals surface area (Å²) in [5, 5.41) is 0. The number of carbonyl (C=O) groups excluding carboxylic acids is 1. The number of hydrogen-bond donors (Lipinski definition) is 1. The minimum atomic E-state index is -0.289. The van der Waals surface area contributed by atoms with E-state index in [2.05, 4.69) is 4.74 Å². The highest BCUT2D eigenvalue weighted by Gasteiger charge is 2.28. The van der Waals surface area contributed by atoms with E-state index in [4.69, 9.17) is 5.73 Å². The largest absolute Gasteiger partial charge is 0.453 e. The summed E-state index contributed by atoms with van der Waals surface area (Å²) < 4.78 is 4.64. The quantitative estimate of drug-likeness (QED) is 0.663. The Hall–Kier alpha value is -0.770. The van der Waals surface area contributed by atoms with Crippen LogP contribution in [0.15, 0.2) is 0 Å². The minimum absolute atomic E-state index is 0.109. The van der Waals surface area contributed by atoms with Crippen molar-refractivity contribution >= 4 is 6.09 Å². The molecule has 2 N–H and O–H groups in total. The second-order valence-corrected chi connectivity index (χ2v) is 3.60.